The smallest absolute Gasteiger partial charge is 0.726 e. The van der Waals surface area contributed by atoms with E-state index in [1.54, 1.807) is 0 Å². The van der Waals surface area contributed by atoms with Crippen molar-refractivity contribution in [3.8, 4) is 0 Å². The molecule has 0 aromatic heterocycles. The van der Waals surface area contributed by atoms with Gasteiger partial charge >= 0.3 is 29.6 Å². The molecule has 0 saturated carbocycles. The van der Waals surface area contributed by atoms with Gasteiger partial charge in [-0.1, -0.05) is 155 Å². The van der Waals surface area contributed by atoms with E-state index in [2.05, 4.69) is 13.8 Å². The van der Waals surface area contributed by atoms with Crippen molar-refractivity contribution in [2.45, 2.75) is 168 Å². The molecule has 0 fully saturated rings. The SMILES string of the molecule is CCCCCCCCCCCCCCOCCCCCCCCCCCCCC.O=S(=O)([O-])O.[Na+]. The van der Waals surface area contributed by atoms with Gasteiger partial charge in [0, 0.05) is 13.2 Å². The van der Waals surface area contributed by atoms with Crippen molar-refractivity contribution >= 4 is 10.4 Å². The molecule has 0 saturated heterocycles. The zero-order valence-electron chi connectivity index (χ0n) is 23.9. The molecular formula is C28H59NaO5S. The second kappa shape index (κ2) is 34.8. The summed E-state index contributed by atoms with van der Waals surface area (Å²) in [6.45, 7) is 6.58. The molecule has 1 N–H and O–H groups in total. The van der Waals surface area contributed by atoms with Gasteiger partial charge in [0.1, 0.15) is 0 Å². The van der Waals surface area contributed by atoms with Gasteiger partial charge in [0.05, 0.1) is 0 Å². The summed E-state index contributed by atoms with van der Waals surface area (Å²) in [5.74, 6) is 0. The first-order chi connectivity index (χ1) is 16.4. The maximum absolute atomic E-state index is 8.63. The van der Waals surface area contributed by atoms with Gasteiger partial charge in [0.2, 0.25) is 10.4 Å². The number of rotatable bonds is 26. The molecule has 0 radical (unpaired) electrons. The Hall–Kier alpha value is 0.830. The van der Waals surface area contributed by atoms with Crippen LogP contribution in [0.3, 0.4) is 0 Å². The molecule has 7 heteroatoms. The Morgan fingerprint density at radius 2 is 0.657 bits per heavy atom. The fraction of sp³-hybridized carbons (Fsp3) is 1.00. The largest absolute Gasteiger partial charge is 1.00 e. The van der Waals surface area contributed by atoms with Crippen molar-refractivity contribution in [3.63, 3.8) is 0 Å². The molecule has 0 aliphatic rings. The Bertz CT molecular complexity index is 426. The minimum atomic E-state index is -4.92. The molecule has 0 aliphatic heterocycles. The molecule has 0 bridgehead atoms. The second-order valence-electron chi connectivity index (χ2n) is 9.82. The van der Waals surface area contributed by atoms with Crippen molar-refractivity contribution in [1.29, 1.82) is 0 Å². The molecule has 208 valence electrons. The monoisotopic (exact) mass is 530 g/mol. The molecule has 0 spiro atoms. The van der Waals surface area contributed by atoms with E-state index in [9.17, 15) is 0 Å². The zero-order valence-corrected chi connectivity index (χ0v) is 26.7. The van der Waals surface area contributed by atoms with Crippen LogP contribution >= 0.6 is 0 Å². The van der Waals surface area contributed by atoms with E-state index in [0.717, 1.165) is 13.2 Å². The summed E-state index contributed by atoms with van der Waals surface area (Å²) < 4.78 is 38.7. The Morgan fingerprint density at radius 3 is 0.857 bits per heavy atom. The maximum atomic E-state index is 8.63. The van der Waals surface area contributed by atoms with Crippen LogP contribution < -0.4 is 29.6 Å². The van der Waals surface area contributed by atoms with Crippen molar-refractivity contribution in [1.82, 2.24) is 0 Å². The van der Waals surface area contributed by atoms with Gasteiger partial charge in [0.15, 0.2) is 0 Å². The molecule has 0 atom stereocenters. The Balaban J connectivity index is -0.00000154. The zero-order chi connectivity index (χ0) is 25.6. The van der Waals surface area contributed by atoms with Crippen LogP contribution in [0.15, 0.2) is 0 Å². The fourth-order valence-electron chi connectivity index (χ4n) is 4.19. The summed E-state index contributed by atoms with van der Waals surface area (Å²) in [5, 5.41) is 0. The average Bonchev–Trinajstić information content (AvgIpc) is 2.78. The van der Waals surface area contributed by atoms with E-state index in [0.29, 0.717) is 0 Å². The molecule has 0 aromatic rings. The van der Waals surface area contributed by atoms with Gasteiger partial charge < -0.3 is 9.29 Å². The molecule has 35 heavy (non-hydrogen) atoms. The van der Waals surface area contributed by atoms with Crippen LogP contribution in [0.25, 0.3) is 0 Å². The summed E-state index contributed by atoms with van der Waals surface area (Å²) in [4.78, 5) is 0. The number of unbranched alkanes of at least 4 members (excludes halogenated alkanes) is 22. The van der Waals surface area contributed by atoms with E-state index in [1.165, 1.54) is 154 Å². The first-order valence-electron chi connectivity index (χ1n) is 14.7. The summed E-state index contributed by atoms with van der Waals surface area (Å²) in [5.41, 5.74) is 0. The summed E-state index contributed by atoms with van der Waals surface area (Å²) in [6, 6.07) is 0. The van der Waals surface area contributed by atoms with E-state index in [1.807, 2.05) is 0 Å². The molecule has 0 amide bonds. The van der Waals surface area contributed by atoms with Crippen LogP contribution in [0.4, 0.5) is 0 Å². The minimum Gasteiger partial charge on any atom is -0.726 e. The number of hydrogen-bond acceptors (Lipinski definition) is 4. The summed E-state index contributed by atoms with van der Waals surface area (Å²) in [6.07, 6.45) is 34.1. The van der Waals surface area contributed by atoms with Gasteiger partial charge in [-0.15, -0.1) is 0 Å². The fourth-order valence-corrected chi connectivity index (χ4v) is 4.19. The first kappa shape index (κ1) is 40.3. The van der Waals surface area contributed by atoms with Crippen LogP contribution in [0.5, 0.6) is 0 Å². The maximum Gasteiger partial charge on any atom is 1.00 e. The number of ether oxygens (including phenoxy) is 1. The third-order valence-electron chi connectivity index (χ3n) is 6.28. The standard InChI is InChI=1S/C28H58O.Na.H2O4S/c1-3-5-7-9-11-13-15-17-19-21-23-25-27-29-28-26-24-22-20-18-16-14-12-10-8-6-4-2;;1-5(2,3)4/h3-28H2,1-2H3;;(H2,1,2,3,4)/q;+1;/p-1. The molecule has 0 unspecified atom stereocenters. The molecule has 0 heterocycles. The van der Waals surface area contributed by atoms with Crippen molar-refractivity contribution < 1.29 is 51.8 Å². The third-order valence-corrected chi connectivity index (χ3v) is 6.28. The third kappa shape index (κ3) is 52.1. The van der Waals surface area contributed by atoms with Gasteiger partial charge in [-0.05, 0) is 12.8 Å². The van der Waals surface area contributed by atoms with Crippen LogP contribution in [-0.2, 0) is 15.1 Å². The van der Waals surface area contributed by atoms with E-state index in [4.69, 9.17) is 22.3 Å². The average molecular weight is 531 g/mol. The predicted octanol–water partition coefficient (Wildman–Crippen LogP) is 6.41. The van der Waals surface area contributed by atoms with E-state index < -0.39 is 10.4 Å². The Kier molecular flexibility index (Phi) is 40.1. The normalized spacial score (nSPS) is 11.1. The number of hydrogen-bond donors (Lipinski definition) is 1. The van der Waals surface area contributed by atoms with Gasteiger partial charge in [-0.2, -0.15) is 0 Å². The van der Waals surface area contributed by atoms with Crippen LogP contribution in [-0.4, -0.2) is 30.7 Å². The van der Waals surface area contributed by atoms with Gasteiger partial charge in [-0.3, -0.25) is 4.55 Å². The van der Waals surface area contributed by atoms with Crippen LogP contribution in [0.1, 0.15) is 168 Å². The quantitative estimate of drug-likeness (QED) is 0.0604. The van der Waals surface area contributed by atoms with Gasteiger partial charge in [-0.25, -0.2) is 8.42 Å². The van der Waals surface area contributed by atoms with Crippen LogP contribution in [0, 0.1) is 0 Å². The molecule has 0 rings (SSSR count). The molecule has 0 aliphatic carbocycles. The predicted molar refractivity (Wildman–Crippen MR) is 145 cm³/mol. The van der Waals surface area contributed by atoms with E-state index >= 15 is 0 Å². The first-order valence-corrected chi connectivity index (χ1v) is 16.0. The van der Waals surface area contributed by atoms with E-state index in [-0.39, 0.29) is 29.6 Å². The summed E-state index contributed by atoms with van der Waals surface area (Å²) in [7, 11) is -4.92. The second-order valence-corrected chi connectivity index (χ2v) is 10.7. The van der Waals surface area contributed by atoms with Crippen LogP contribution in [0.2, 0.25) is 0 Å². The molecule has 5 nitrogen and oxygen atoms in total. The topological polar surface area (TPSA) is 86.7 Å². The van der Waals surface area contributed by atoms with Crippen molar-refractivity contribution in [2.75, 3.05) is 13.2 Å². The minimum absolute atomic E-state index is 0. The van der Waals surface area contributed by atoms with Crippen molar-refractivity contribution in [2.24, 2.45) is 0 Å². The Morgan fingerprint density at radius 1 is 0.486 bits per heavy atom. The molecular weight excluding hydrogens is 471 g/mol. The Labute approximate surface area is 242 Å². The molecule has 0 aromatic carbocycles. The van der Waals surface area contributed by atoms with Gasteiger partial charge in [0.25, 0.3) is 0 Å². The summed E-state index contributed by atoms with van der Waals surface area (Å²) >= 11 is 0. The van der Waals surface area contributed by atoms with Crippen molar-refractivity contribution in [3.05, 3.63) is 0 Å².